The lowest BCUT2D eigenvalue weighted by atomic mass is 9.95. The zero-order chi connectivity index (χ0) is 30.2. The molecule has 1 N–H and O–H groups in total. The van der Waals surface area contributed by atoms with Gasteiger partial charge in [-0.1, -0.05) is 67.1 Å². The van der Waals surface area contributed by atoms with Gasteiger partial charge in [0.15, 0.2) is 0 Å². The summed E-state index contributed by atoms with van der Waals surface area (Å²) in [5.41, 5.74) is 0.919. The van der Waals surface area contributed by atoms with Gasteiger partial charge in [0.1, 0.15) is 11.8 Å². The molecular weight excluding hydrogens is 609 g/mol. The van der Waals surface area contributed by atoms with E-state index >= 15 is 0 Å². The average Bonchev–Trinajstić information content (AvgIpc) is 2.92. The van der Waals surface area contributed by atoms with Crippen molar-refractivity contribution in [1.82, 2.24) is 10.2 Å². The van der Waals surface area contributed by atoms with E-state index in [1.807, 2.05) is 6.92 Å². The minimum Gasteiger partial charge on any atom is -0.495 e. The number of amides is 2. The van der Waals surface area contributed by atoms with Crippen LogP contribution in [0.2, 0.25) is 15.1 Å². The van der Waals surface area contributed by atoms with Gasteiger partial charge in [-0.3, -0.25) is 13.9 Å². The van der Waals surface area contributed by atoms with Crippen molar-refractivity contribution in [3.63, 3.8) is 0 Å². The summed E-state index contributed by atoms with van der Waals surface area (Å²) in [6.45, 7) is 1.95. The van der Waals surface area contributed by atoms with Gasteiger partial charge in [-0.05, 0) is 56.0 Å². The normalized spacial score (nSPS) is 14.8. The molecule has 2 amide bonds. The highest BCUT2D eigenvalue weighted by molar-refractivity contribution is 7.92. The van der Waals surface area contributed by atoms with Gasteiger partial charge >= 0.3 is 0 Å². The van der Waals surface area contributed by atoms with Crippen molar-refractivity contribution >= 4 is 62.3 Å². The predicted octanol–water partition coefficient (Wildman–Crippen LogP) is 6.46. The number of carbonyl (C=O) groups is 2. The summed E-state index contributed by atoms with van der Waals surface area (Å²) in [4.78, 5) is 28.7. The number of nitrogens with one attached hydrogen (secondary N) is 1. The predicted molar refractivity (Wildman–Crippen MR) is 166 cm³/mol. The summed E-state index contributed by atoms with van der Waals surface area (Å²) in [6.07, 6.45) is 6.84. The first-order valence-corrected chi connectivity index (χ1v) is 16.8. The first-order valence-electron chi connectivity index (χ1n) is 13.8. The van der Waals surface area contributed by atoms with Crippen molar-refractivity contribution in [3.8, 4) is 5.75 Å². The Balaban J connectivity index is 1.81. The molecule has 0 aromatic heterocycles. The second-order valence-electron chi connectivity index (χ2n) is 10.2. The maximum atomic E-state index is 13.7. The minimum absolute atomic E-state index is 0.00515. The Morgan fingerprint density at radius 2 is 1.71 bits per heavy atom. The fourth-order valence-corrected chi connectivity index (χ4v) is 6.86. The molecule has 0 radical (unpaired) electrons. The Bertz CT molecular complexity index is 1300. The summed E-state index contributed by atoms with van der Waals surface area (Å²) >= 11 is 19.1. The van der Waals surface area contributed by atoms with Crippen LogP contribution in [0.5, 0.6) is 5.75 Å². The number of nitrogens with zero attached hydrogens (tertiary/aromatic N) is 2. The molecule has 0 saturated heterocycles. The van der Waals surface area contributed by atoms with E-state index in [-0.39, 0.29) is 48.8 Å². The Morgan fingerprint density at radius 1 is 1.05 bits per heavy atom. The molecule has 3 rings (SSSR count). The van der Waals surface area contributed by atoms with Gasteiger partial charge in [0.25, 0.3) is 0 Å². The highest BCUT2D eigenvalue weighted by atomic mass is 35.5. The number of benzene rings is 2. The molecule has 0 heterocycles. The van der Waals surface area contributed by atoms with E-state index in [9.17, 15) is 18.0 Å². The largest absolute Gasteiger partial charge is 0.495 e. The highest BCUT2D eigenvalue weighted by Crippen LogP contribution is 2.31. The molecular formula is C29H38Cl3N3O5S. The third-order valence-electron chi connectivity index (χ3n) is 7.30. The number of halogens is 3. The zero-order valence-electron chi connectivity index (χ0n) is 23.7. The maximum Gasteiger partial charge on any atom is 0.243 e. The molecule has 1 atom stereocenters. The topological polar surface area (TPSA) is 96.0 Å². The minimum atomic E-state index is -3.67. The Hall–Kier alpha value is -2.20. The van der Waals surface area contributed by atoms with Gasteiger partial charge in [-0.2, -0.15) is 0 Å². The lowest BCUT2D eigenvalue weighted by Gasteiger charge is -2.33. The van der Waals surface area contributed by atoms with E-state index in [0.29, 0.717) is 33.5 Å². The van der Waals surface area contributed by atoms with E-state index in [4.69, 9.17) is 39.5 Å². The Morgan fingerprint density at radius 3 is 2.27 bits per heavy atom. The Kier molecular flexibility index (Phi) is 12.4. The van der Waals surface area contributed by atoms with Crippen LogP contribution in [0.25, 0.3) is 0 Å². The van der Waals surface area contributed by atoms with Crippen LogP contribution < -0.4 is 14.4 Å². The van der Waals surface area contributed by atoms with Crippen LogP contribution >= 0.6 is 34.8 Å². The smallest absolute Gasteiger partial charge is 0.243 e. The van der Waals surface area contributed by atoms with Crippen LogP contribution in [0, 0.1) is 0 Å². The van der Waals surface area contributed by atoms with Gasteiger partial charge in [0, 0.05) is 41.2 Å². The molecule has 1 aliphatic carbocycles. The molecule has 2 aromatic carbocycles. The first kappa shape index (κ1) is 33.3. The zero-order valence-corrected chi connectivity index (χ0v) is 26.8. The van der Waals surface area contributed by atoms with Crippen molar-refractivity contribution < 1.29 is 22.7 Å². The van der Waals surface area contributed by atoms with E-state index in [2.05, 4.69) is 5.32 Å². The van der Waals surface area contributed by atoms with Gasteiger partial charge < -0.3 is 15.0 Å². The van der Waals surface area contributed by atoms with Crippen molar-refractivity contribution in [2.45, 2.75) is 76.9 Å². The summed E-state index contributed by atoms with van der Waals surface area (Å²) in [7, 11) is -2.20. The fourth-order valence-electron chi connectivity index (χ4n) is 5.13. The lowest BCUT2D eigenvalue weighted by Crippen LogP contribution is -2.51. The number of anilines is 1. The van der Waals surface area contributed by atoms with Crippen LogP contribution in [0.1, 0.15) is 63.9 Å². The molecule has 0 unspecified atom stereocenters. The van der Waals surface area contributed by atoms with Gasteiger partial charge in [0.2, 0.25) is 21.8 Å². The van der Waals surface area contributed by atoms with Gasteiger partial charge in [-0.15, -0.1) is 0 Å². The molecule has 41 heavy (non-hydrogen) atoms. The number of ether oxygens (including phenoxy) is 1. The van der Waals surface area contributed by atoms with Crippen molar-refractivity contribution in [3.05, 3.63) is 57.0 Å². The monoisotopic (exact) mass is 645 g/mol. The van der Waals surface area contributed by atoms with Crippen LogP contribution in [0.3, 0.4) is 0 Å². The highest BCUT2D eigenvalue weighted by Gasteiger charge is 2.31. The van der Waals surface area contributed by atoms with Crippen LogP contribution in [0.4, 0.5) is 5.69 Å². The second-order valence-corrected chi connectivity index (χ2v) is 13.4. The van der Waals surface area contributed by atoms with Gasteiger partial charge in [0.05, 0.1) is 24.1 Å². The van der Waals surface area contributed by atoms with E-state index in [1.54, 1.807) is 30.3 Å². The molecule has 1 fully saturated rings. The maximum absolute atomic E-state index is 13.7. The van der Waals surface area contributed by atoms with Crippen molar-refractivity contribution in [2.24, 2.45) is 0 Å². The quantitative estimate of drug-likeness (QED) is 0.270. The summed E-state index contributed by atoms with van der Waals surface area (Å²) < 4.78 is 31.6. The number of hydrogen-bond donors (Lipinski definition) is 1. The first-order chi connectivity index (χ1) is 19.5. The number of carbonyl (C=O) groups excluding carboxylic acids is 2. The number of hydrogen-bond acceptors (Lipinski definition) is 5. The lowest BCUT2D eigenvalue weighted by molar-refractivity contribution is -0.141. The number of methoxy groups -OCH3 is 1. The van der Waals surface area contributed by atoms with Crippen LogP contribution in [-0.4, -0.2) is 57.1 Å². The average molecular weight is 647 g/mol. The van der Waals surface area contributed by atoms with E-state index in [0.717, 1.165) is 38.4 Å². The molecule has 1 saturated carbocycles. The molecule has 1 aliphatic rings. The van der Waals surface area contributed by atoms with Crippen molar-refractivity contribution in [2.75, 3.05) is 24.2 Å². The second kappa shape index (κ2) is 15.3. The Labute approximate surface area is 258 Å². The third-order valence-corrected chi connectivity index (χ3v) is 9.50. The summed E-state index contributed by atoms with van der Waals surface area (Å²) in [6, 6.07) is 9.16. The summed E-state index contributed by atoms with van der Waals surface area (Å²) in [5.74, 6) is -0.0839. The molecule has 12 heteroatoms. The third kappa shape index (κ3) is 9.14. The van der Waals surface area contributed by atoms with Crippen molar-refractivity contribution in [1.29, 1.82) is 0 Å². The number of rotatable bonds is 13. The molecule has 0 spiro atoms. The van der Waals surface area contributed by atoms with Crippen LogP contribution in [0.15, 0.2) is 36.4 Å². The van der Waals surface area contributed by atoms with E-state index < -0.39 is 16.1 Å². The molecule has 8 nitrogen and oxygen atoms in total. The molecule has 0 bridgehead atoms. The summed E-state index contributed by atoms with van der Waals surface area (Å²) in [5, 5.41) is 4.21. The van der Waals surface area contributed by atoms with E-state index in [1.165, 1.54) is 22.4 Å². The van der Waals surface area contributed by atoms with Gasteiger partial charge in [-0.25, -0.2) is 8.42 Å². The molecule has 2 aromatic rings. The molecule has 226 valence electrons. The standard InChI is InChI=1S/C29H38Cl3N3O5S/c1-4-26(29(37)33-20-10-6-5-7-11-20)34(19-22-23(30)12-8-13-24(22)31)28(36)14-9-17-35(41(3,38)39)21-15-16-27(40-2)25(32)18-21/h8,12-13,15-16,18,20,26H,4-7,9-11,14,17,19H2,1-3H3,(H,33,37)/t26-/m0/s1. The van der Waals surface area contributed by atoms with Crippen LogP contribution in [-0.2, 0) is 26.2 Å². The fraction of sp³-hybridized carbons (Fsp3) is 0.517. The molecule has 0 aliphatic heterocycles. The SMILES string of the molecule is CC[C@@H](C(=O)NC1CCCCC1)N(Cc1c(Cl)cccc1Cl)C(=O)CCCN(c1ccc(OC)c(Cl)c1)S(C)(=O)=O. The number of sulfonamides is 1.